The molecule has 27 heavy (non-hydrogen) atoms. The molecule has 0 fully saturated rings. The van der Waals surface area contributed by atoms with Gasteiger partial charge in [-0.3, -0.25) is 9.79 Å². The minimum absolute atomic E-state index is 0.0967. The van der Waals surface area contributed by atoms with E-state index in [9.17, 15) is 4.79 Å². The summed E-state index contributed by atoms with van der Waals surface area (Å²) in [5.41, 5.74) is 4.62. The van der Waals surface area contributed by atoms with E-state index in [1.807, 2.05) is 60.7 Å². The summed E-state index contributed by atoms with van der Waals surface area (Å²) in [5, 5.41) is 11.9. The molecule has 1 aliphatic rings. The Hall–Kier alpha value is -3.31. The standard InChI is InChI=1S/C22H19N3O2/c26-10-9-15-5-4-8-18(11-15)23-14-20-19-12-17(16-6-2-1-3-7-16)13-24-21(19)25-22(20)27/h1-8,11-14,20,26H,9-10H2,(H,24,25,27). The zero-order chi connectivity index (χ0) is 18.6. The number of aromatic nitrogens is 1. The van der Waals surface area contributed by atoms with E-state index < -0.39 is 5.92 Å². The molecule has 5 heteroatoms. The highest BCUT2D eigenvalue weighted by Crippen LogP contribution is 2.33. The molecule has 1 aromatic heterocycles. The zero-order valence-corrected chi connectivity index (χ0v) is 14.7. The van der Waals surface area contributed by atoms with E-state index in [1.54, 1.807) is 12.4 Å². The molecule has 0 saturated carbocycles. The number of nitrogens with zero attached hydrogens (tertiary/aromatic N) is 2. The van der Waals surface area contributed by atoms with Crippen LogP contribution >= 0.6 is 0 Å². The number of hydrogen-bond donors (Lipinski definition) is 2. The van der Waals surface area contributed by atoms with Crippen LogP contribution in [-0.4, -0.2) is 28.8 Å². The summed E-state index contributed by atoms with van der Waals surface area (Å²) in [7, 11) is 0. The first-order valence-corrected chi connectivity index (χ1v) is 8.85. The van der Waals surface area contributed by atoms with Gasteiger partial charge in [-0.15, -0.1) is 0 Å². The highest BCUT2D eigenvalue weighted by atomic mass is 16.3. The van der Waals surface area contributed by atoms with E-state index >= 15 is 0 Å². The van der Waals surface area contributed by atoms with Crippen molar-refractivity contribution >= 4 is 23.6 Å². The molecule has 2 N–H and O–H groups in total. The molecule has 0 spiro atoms. The molecule has 4 rings (SSSR count). The largest absolute Gasteiger partial charge is 0.396 e. The van der Waals surface area contributed by atoms with Crippen molar-refractivity contribution in [3.05, 3.63) is 78.0 Å². The molecule has 2 aromatic carbocycles. The van der Waals surface area contributed by atoms with Crippen molar-refractivity contribution in [3.63, 3.8) is 0 Å². The Morgan fingerprint density at radius 1 is 1.07 bits per heavy atom. The molecular weight excluding hydrogens is 338 g/mol. The Kier molecular flexibility index (Phi) is 4.77. The summed E-state index contributed by atoms with van der Waals surface area (Å²) in [6, 6.07) is 19.6. The second-order valence-corrected chi connectivity index (χ2v) is 6.42. The van der Waals surface area contributed by atoms with Gasteiger partial charge in [-0.2, -0.15) is 0 Å². The van der Waals surface area contributed by atoms with Gasteiger partial charge in [0.05, 0.1) is 5.69 Å². The third-order valence-electron chi connectivity index (χ3n) is 4.57. The molecule has 0 radical (unpaired) electrons. The van der Waals surface area contributed by atoms with Crippen molar-refractivity contribution in [1.29, 1.82) is 0 Å². The van der Waals surface area contributed by atoms with Gasteiger partial charge in [-0.1, -0.05) is 42.5 Å². The van der Waals surface area contributed by atoms with Gasteiger partial charge in [-0.25, -0.2) is 4.98 Å². The number of hydrogen-bond acceptors (Lipinski definition) is 4. The number of rotatable bonds is 5. The first kappa shape index (κ1) is 17.1. The molecule has 1 atom stereocenters. The number of amides is 1. The monoisotopic (exact) mass is 357 g/mol. The van der Waals surface area contributed by atoms with Crippen molar-refractivity contribution in [3.8, 4) is 11.1 Å². The van der Waals surface area contributed by atoms with Gasteiger partial charge in [0.2, 0.25) is 5.91 Å². The van der Waals surface area contributed by atoms with Crippen molar-refractivity contribution in [1.82, 2.24) is 4.98 Å². The quantitative estimate of drug-likeness (QED) is 0.684. The average Bonchev–Trinajstić information content (AvgIpc) is 3.02. The predicted octanol–water partition coefficient (Wildman–Crippen LogP) is 3.72. The highest BCUT2D eigenvalue weighted by Gasteiger charge is 2.30. The maximum absolute atomic E-state index is 12.4. The SMILES string of the molecule is O=C1Nc2ncc(-c3ccccc3)cc2C1C=Nc1cccc(CCO)c1. The molecule has 2 heterocycles. The molecule has 0 bridgehead atoms. The molecule has 1 aliphatic heterocycles. The highest BCUT2D eigenvalue weighted by molar-refractivity contribution is 6.12. The number of aliphatic imine (C=N–C) groups is 1. The van der Waals surface area contributed by atoms with E-state index in [-0.39, 0.29) is 12.5 Å². The lowest BCUT2D eigenvalue weighted by molar-refractivity contribution is -0.115. The summed E-state index contributed by atoms with van der Waals surface area (Å²) < 4.78 is 0. The van der Waals surface area contributed by atoms with Gasteiger partial charge in [0.15, 0.2) is 0 Å². The number of nitrogens with one attached hydrogen (secondary N) is 1. The number of aliphatic hydroxyl groups excluding tert-OH is 1. The Morgan fingerprint density at radius 3 is 2.74 bits per heavy atom. The van der Waals surface area contributed by atoms with Gasteiger partial charge in [-0.05, 0) is 35.7 Å². The third-order valence-corrected chi connectivity index (χ3v) is 4.57. The molecule has 1 amide bonds. The van der Waals surface area contributed by atoms with Crippen LogP contribution in [-0.2, 0) is 11.2 Å². The summed E-state index contributed by atoms with van der Waals surface area (Å²) in [5.74, 6) is -0.0132. The van der Waals surface area contributed by atoms with Gasteiger partial charge in [0.1, 0.15) is 11.7 Å². The van der Waals surface area contributed by atoms with Crippen LogP contribution in [0.5, 0.6) is 0 Å². The molecule has 1 unspecified atom stereocenters. The lowest BCUT2D eigenvalue weighted by Crippen LogP contribution is -2.12. The van der Waals surface area contributed by atoms with Crippen LogP contribution in [0.15, 0.2) is 71.9 Å². The second-order valence-electron chi connectivity index (χ2n) is 6.42. The van der Waals surface area contributed by atoms with Gasteiger partial charge < -0.3 is 10.4 Å². The van der Waals surface area contributed by atoms with Crippen LogP contribution in [0.1, 0.15) is 17.0 Å². The lowest BCUT2D eigenvalue weighted by atomic mass is 9.99. The Bertz CT molecular complexity index is 999. The molecule has 0 aliphatic carbocycles. The van der Waals surface area contributed by atoms with Crippen LogP contribution in [0.4, 0.5) is 11.5 Å². The fourth-order valence-electron chi connectivity index (χ4n) is 3.18. The molecular formula is C22H19N3O2. The molecule has 3 aromatic rings. The number of benzene rings is 2. The second kappa shape index (κ2) is 7.51. The number of anilines is 1. The van der Waals surface area contributed by atoms with Crippen LogP contribution in [0, 0.1) is 0 Å². The molecule has 134 valence electrons. The summed E-state index contributed by atoms with van der Waals surface area (Å²) in [4.78, 5) is 21.3. The number of carbonyl (C=O) groups is 1. The van der Waals surface area contributed by atoms with E-state index in [2.05, 4.69) is 15.3 Å². The summed E-state index contributed by atoms with van der Waals surface area (Å²) >= 11 is 0. The number of fused-ring (bicyclic) bond motifs is 1. The maximum atomic E-state index is 12.4. The molecule has 0 saturated heterocycles. The van der Waals surface area contributed by atoms with E-state index in [4.69, 9.17) is 5.11 Å². The number of pyridine rings is 1. The van der Waals surface area contributed by atoms with E-state index in [0.717, 1.165) is 27.9 Å². The Labute approximate surface area is 157 Å². The molecule has 5 nitrogen and oxygen atoms in total. The van der Waals surface area contributed by atoms with Crippen molar-refractivity contribution in [2.24, 2.45) is 4.99 Å². The fraction of sp³-hybridized carbons (Fsp3) is 0.136. The van der Waals surface area contributed by atoms with Crippen LogP contribution in [0.3, 0.4) is 0 Å². The van der Waals surface area contributed by atoms with Crippen molar-refractivity contribution < 1.29 is 9.90 Å². The maximum Gasteiger partial charge on any atom is 0.238 e. The van der Waals surface area contributed by atoms with E-state index in [0.29, 0.717) is 12.2 Å². The number of carbonyl (C=O) groups excluding carboxylic acids is 1. The number of aliphatic hydroxyl groups is 1. The topological polar surface area (TPSA) is 74.6 Å². The summed E-state index contributed by atoms with van der Waals surface area (Å²) in [6.45, 7) is 0.0967. The third kappa shape index (κ3) is 3.64. The smallest absolute Gasteiger partial charge is 0.238 e. The van der Waals surface area contributed by atoms with Crippen LogP contribution < -0.4 is 5.32 Å². The van der Waals surface area contributed by atoms with E-state index in [1.165, 1.54) is 0 Å². The summed E-state index contributed by atoms with van der Waals surface area (Å²) in [6.07, 6.45) is 4.02. The first-order valence-electron chi connectivity index (χ1n) is 8.85. The van der Waals surface area contributed by atoms with Crippen molar-refractivity contribution in [2.75, 3.05) is 11.9 Å². The fourth-order valence-corrected chi connectivity index (χ4v) is 3.18. The normalized spacial score (nSPS) is 15.7. The predicted molar refractivity (Wildman–Crippen MR) is 106 cm³/mol. The van der Waals surface area contributed by atoms with Crippen LogP contribution in [0.2, 0.25) is 0 Å². The van der Waals surface area contributed by atoms with Gasteiger partial charge in [0, 0.05) is 30.1 Å². The minimum Gasteiger partial charge on any atom is -0.396 e. The van der Waals surface area contributed by atoms with Gasteiger partial charge in [0.25, 0.3) is 0 Å². The van der Waals surface area contributed by atoms with Crippen molar-refractivity contribution in [2.45, 2.75) is 12.3 Å². The Morgan fingerprint density at radius 2 is 1.93 bits per heavy atom. The van der Waals surface area contributed by atoms with Crippen LogP contribution in [0.25, 0.3) is 11.1 Å². The Balaban J connectivity index is 1.63. The average molecular weight is 357 g/mol. The lowest BCUT2D eigenvalue weighted by Gasteiger charge is -2.06. The van der Waals surface area contributed by atoms with Gasteiger partial charge >= 0.3 is 0 Å². The first-order chi connectivity index (χ1) is 13.2. The zero-order valence-electron chi connectivity index (χ0n) is 14.7. The minimum atomic E-state index is -0.474.